The average Bonchev–Trinajstić information content (AvgIpc) is 2.44. The van der Waals surface area contributed by atoms with E-state index in [0.29, 0.717) is 17.8 Å². The summed E-state index contributed by atoms with van der Waals surface area (Å²) in [6.45, 7) is 0.566. The lowest BCUT2D eigenvalue weighted by Crippen LogP contribution is -2.18. The van der Waals surface area contributed by atoms with E-state index in [1.807, 2.05) is 37.4 Å². The van der Waals surface area contributed by atoms with Crippen molar-refractivity contribution >= 4 is 37.5 Å². The maximum absolute atomic E-state index is 14.3. The summed E-state index contributed by atoms with van der Waals surface area (Å²) >= 11 is 6.61. The van der Waals surface area contributed by atoms with Gasteiger partial charge in [0.25, 0.3) is 0 Å². The topological polar surface area (TPSA) is 27.0 Å². The molecule has 2 rings (SSSR count). The van der Waals surface area contributed by atoms with Gasteiger partial charge in [0.2, 0.25) is 0 Å². The summed E-state index contributed by atoms with van der Waals surface area (Å²) in [7, 11) is 1.82. The second-order valence-electron chi connectivity index (χ2n) is 4.32. The molecule has 0 saturated carbocycles. The fourth-order valence-corrected chi connectivity index (χ4v) is 2.72. The largest absolute Gasteiger partial charge is 0.368 e. The van der Waals surface area contributed by atoms with Crippen molar-refractivity contribution in [1.29, 1.82) is 5.26 Å². The van der Waals surface area contributed by atoms with Crippen LogP contribution >= 0.6 is 31.9 Å². The van der Waals surface area contributed by atoms with E-state index in [4.69, 9.17) is 5.26 Å². The van der Waals surface area contributed by atoms with Crippen LogP contribution < -0.4 is 4.90 Å². The first-order chi connectivity index (χ1) is 9.54. The number of anilines is 1. The number of halogens is 3. The fraction of sp³-hybridized carbons (Fsp3) is 0.133. The molecular weight excluding hydrogens is 387 g/mol. The van der Waals surface area contributed by atoms with Crippen LogP contribution in [0.3, 0.4) is 0 Å². The lowest BCUT2D eigenvalue weighted by Gasteiger charge is -2.21. The van der Waals surface area contributed by atoms with Gasteiger partial charge in [0.15, 0.2) is 5.82 Å². The van der Waals surface area contributed by atoms with Gasteiger partial charge >= 0.3 is 0 Å². The Bertz CT molecular complexity index is 680. The average molecular weight is 398 g/mol. The minimum Gasteiger partial charge on any atom is -0.368 e. The van der Waals surface area contributed by atoms with Crippen LogP contribution in [0.2, 0.25) is 0 Å². The van der Waals surface area contributed by atoms with E-state index in [9.17, 15) is 4.39 Å². The molecule has 0 fully saturated rings. The highest BCUT2D eigenvalue weighted by atomic mass is 79.9. The van der Waals surface area contributed by atoms with Gasteiger partial charge in [0.05, 0.1) is 15.7 Å². The molecule has 0 saturated heterocycles. The molecule has 2 aromatic rings. The SMILES string of the molecule is CN(Cc1ccccc1Br)c1ccc(C#N)c(Br)c1F. The number of rotatable bonds is 3. The summed E-state index contributed by atoms with van der Waals surface area (Å²) in [6, 6.07) is 13.0. The molecule has 5 heteroatoms. The van der Waals surface area contributed by atoms with Crippen LogP contribution in [0.25, 0.3) is 0 Å². The van der Waals surface area contributed by atoms with E-state index in [1.54, 1.807) is 17.0 Å². The predicted molar refractivity (Wildman–Crippen MR) is 85.1 cm³/mol. The van der Waals surface area contributed by atoms with E-state index in [2.05, 4.69) is 31.9 Å². The first kappa shape index (κ1) is 15.0. The zero-order valence-corrected chi connectivity index (χ0v) is 13.9. The number of nitriles is 1. The lowest BCUT2D eigenvalue weighted by atomic mass is 10.1. The summed E-state index contributed by atoms with van der Waals surface area (Å²) in [6.07, 6.45) is 0. The highest BCUT2D eigenvalue weighted by Crippen LogP contribution is 2.30. The molecule has 2 nitrogen and oxygen atoms in total. The van der Waals surface area contributed by atoms with Crippen LogP contribution in [0, 0.1) is 17.1 Å². The molecule has 2 aromatic carbocycles. The molecule has 0 bridgehead atoms. The van der Waals surface area contributed by atoms with Gasteiger partial charge < -0.3 is 4.90 Å². The van der Waals surface area contributed by atoms with Gasteiger partial charge in [-0.2, -0.15) is 5.26 Å². The van der Waals surface area contributed by atoms with E-state index < -0.39 is 5.82 Å². The van der Waals surface area contributed by atoms with Crippen LogP contribution in [0.15, 0.2) is 45.3 Å². The van der Waals surface area contributed by atoms with Gasteiger partial charge in [0.1, 0.15) is 6.07 Å². The number of benzene rings is 2. The fourth-order valence-electron chi connectivity index (χ4n) is 1.89. The van der Waals surface area contributed by atoms with E-state index in [1.165, 1.54) is 0 Å². The molecular formula is C15H11Br2FN2. The van der Waals surface area contributed by atoms with Gasteiger partial charge in [-0.15, -0.1) is 0 Å². The quantitative estimate of drug-likeness (QED) is 0.739. The molecule has 0 aliphatic rings. The Labute approximate surface area is 134 Å². The van der Waals surface area contributed by atoms with Crippen LogP contribution in [-0.2, 0) is 6.54 Å². The normalized spacial score (nSPS) is 10.2. The van der Waals surface area contributed by atoms with Gasteiger partial charge in [-0.25, -0.2) is 4.39 Å². The van der Waals surface area contributed by atoms with Crippen molar-refractivity contribution in [3.05, 3.63) is 62.3 Å². The van der Waals surface area contributed by atoms with E-state index in [0.717, 1.165) is 10.0 Å². The molecule has 0 heterocycles. The second kappa shape index (κ2) is 6.38. The van der Waals surface area contributed by atoms with Crippen molar-refractivity contribution in [2.75, 3.05) is 11.9 Å². The smallest absolute Gasteiger partial charge is 0.161 e. The van der Waals surface area contributed by atoms with Crippen LogP contribution in [-0.4, -0.2) is 7.05 Å². The van der Waals surface area contributed by atoms with Gasteiger partial charge in [-0.1, -0.05) is 34.1 Å². The standard InChI is InChI=1S/C15H11Br2FN2/c1-20(9-11-4-2-3-5-12(11)16)13-7-6-10(8-19)14(17)15(13)18/h2-7H,9H2,1H3. The first-order valence-electron chi connectivity index (χ1n) is 5.87. The van der Waals surface area contributed by atoms with Crippen molar-refractivity contribution in [2.24, 2.45) is 0 Å². The molecule has 0 aromatic heterocycles. The summed E-state index contributed by atoms with van der Waals surface area (Å²) in [4.78, 5) is 1.81. The first-order valence-corrected chi connectivity index (χ1v) is 7.46. The predicted octanol–water partition coefficient (Wildman–Crippen LogP) is 4.86. The highest BCUT2D eigenvalue weighted by Gasteiger charge is 2.15. The van der Waals surface area contributed by atoms with E-state index in [-0.39, 0.29) is 4.47 Å². The molecule has 0 atom stereocenters. The molecule has 0 aliphatic carbocycles. The monoisotopic (exact) mass is 396 g/mol. The van der Waals surface area contributed by atoms with Crippen molar-refractivity contribution in [3.8, 4) is 6.07 Å². The Balaban J connectivity index is 2.31. The Morgan fingerprint density at radius 2 is 1.90 bits per heavy atom. The summed E-state index contributed by atoms with van der Waals surface area (Å²) in [5.41, 5.74) is 1.81. The van der Waals surface area contributed by atoms with Gasteiger partial charge in [0, 0.05) is 18.1 Å². The van der Waals surface area contributed by atoms with Crippen molar-refractivity contribution < 1.29 is 4.39 Å². The molecule has 0 spiro atoms. The molecule has 102 valence electrons. The van der Waals surface area contributed by atoms with Crippen LogP contribution in [0.1, 0.15) is 11.1 Å². The summed E-state index contributed by atoms with van der Waals surface area (Å²) in [5, 5.41) is 8.88. The van der Waals surface area contributed by atoms with E-state index >= 15 is 0 Å². The molecule has 0 N–H and O–H groups in total. The van der Waals surface area contributed by atoms with Crippen molar-refractivity contribution in [1.82, 2.24) is 0 Å². The summed E-state index contributed by atoms with van der Waals surface area (Å²) < 4.78 is 15.4. The molecule has 0 aliphatic heterocycles. The lowest BCUT2D eigenvalue weighted by molar-refractivity contribution is 0.615. The van der Waals surface area contributed by atoms with Gasteiger partial charge in [-0.3, -0.25) is 0 Å². The van der Waals surface area contributed by atoms with Crippen molar-refractivity contribution in [3.63, 3.8) is 0 Å². The highest BCUT2D eigenvalue weighted by molar-refractivity contribution is 9.10. The maximum atomic E-state index is 14.3. The number of nitrogens with zero attached hydrogens (tertiary/aromatic N) is 2. The Morgan fingerprint density at radius 1 is 1.20 bits per heavy atom. The molecule has 0 radical (unpaired) electrons. The number of hydrogen-bond acceptors (Lipinski definition) is 2. The third kappa shape index (κ3) is 3.02. The minimum absolute atomic E-state index is 0.205. The zero-order valence-electron chi connectivity index (χ0n) is 10.7. The van der Waals surface area contributed by atoms with Crippen molar-refractivity contribution in [2.45, 2.75) is 6.54 Å². The second-order valence-corrected chi connectivity index (χ2v) is 5.97. The molecule has 0 unspecified atom stereocenters. The zero-order chi connectivity index (χ0) is 14.7. The number of hydrogen-bond donors (Lipinski definition) is 0. The third-order valence-corrected chi connectivity index (χ3v) is 4.51. The van der Waals surface area contributed by atoms with Gasteiger partial charge in [-0.05, 0) is 39.7 Å². The van der Waals surface area contributed by atoms with Crippen LogP contribution in [0.4, 0.5) is 10.1 Å². The maximum Gasteiger partial charge on any atom is 0.161 e. The Hall–Kier alpha value is -1.38. The summed E-state index contributed by atoms with van der Waals surface area (Å²) in [5.74, 6) is -0.418. The Morgan fingerprint density at radius 3 is 2.55 bits per heavy atom. The third-order valence-electron chi connectivity index (χ3n) is 2.96. The Kier molecular flexibility index (Phi) is 4.79. The molecule has 0 amide bonds. The van der Waals surface area contributed by atoms with Crippen LogP contribution in [0.5, 0.6) is 0 Å². The molecule has 20 heavy (non-hydrogen) atoms. The minimum atomic E-state index is -0.418.